The summed E-state index contributed by atoms with van der Waals surface area (Å²) >= 11 is 1.46. The Morgan fingerprint density at radius 3 is 2.65 bits per heavy atom. The molecule has 2 heterocycles. The van der Waals surface area contributed by atoms with Gasteiger partial charge in [-0.1, -0.05) is 23.5 Å². The Hall–Kier alpha value is -2.19. The summed E-state index contributed by atoms with van der Waals surface area (Å²) in [6, 6.07) is 7.61. The van der Waals surface area contributed by atoms with Crippen molar-refractivity contribution >= 4 is 16.3 Å². The quantitative estimate of drug-likeness (QED) is 0.630. The zero-order valence-electron chi connectivity index (χ0n) is 13.1. The summed E-state index contributed by atoms with van der Waals surface area (Å²) in [6.07, 6.45) is 0.675. The summed E-state index contributed by atoms with van der Waals surface area (Å²) in [4.78, 5) is 0.757. The molecular formula is C15H18N4O3S. The van der Waals surface area contributed by atoms with Crippen LogP contribution >= 0.6 is 11.3 Å². The molecule has 0 saturated carbocycles. The Morgan fingerprint density at radius 2 is 1.91 bits per heavy atom. The summed E-state index contributed by atoms with van der Waals surface area (Å²) in [6.45, 7) is 3.49. The summed E-state index contributed by atoms with van der Waals surface area (Å²) in [7, 11) is 1.66. The van der Waals surface area contributed by atoms with Gasteiger partial charge in [0.25, 0.3) is 0 Å². The van der Waals surface area contributed by atoms with Crippen LogP contribution in [0.1, 0.15) is 17.8 Å². The average Bonchev–Trinajstić information content (AvgIpc) is 3.13. The second-order valence-electron chi connectivity index (χ2n) is 4.72. The van der Waals surface area contributed by atoms with E-state index in [9.17, 15) is 0 Å². The number of aromatic nitrogens is 4. The number of benzene rings is 1. The predicted molar refractivity (Wildman–Crippen MR) is 86.2 cm³/mol. The van der Waals surface area contributed by atoms with Crippen LogP contribution in [0.3, 0.4) is 0 Å². The fourth-order valence-corrected chi connectivity index (χ4v) is 2.85. The Morgan fingerprint density at radius 1 is 1.13 bits per heavy atom. The normalized spacial score (nSPS) is 11.0. The van der Waals surface area contributed by atoms with Crippen LogP contribution in [-0.4, -0.2) is 40.1 Å². The molecule has 3 aromatic rings. The number of hydrogen-bond donors (Lipinski definition) is 0. The van der Waals surface area contributed by atoms with Crippen LogP contribution in [0.25, 0.3) is 4.96 Å². The molecule has 0 aliphatic carbocycles. The third kappa shape index (κ3) is 3.59. The number of ether oxygens (including phenoxy) is 3. The van der Waals surface area contributed by atoms with E-state index in [1.807, 2.05) is 31.2 Å². The molecule has 0 unspecified atom stereocenters. The van der Waals surface area contributed by atoms with Gasteiger partial charge in [0.1, 0.15) is 6.61 Å². The van der Waals surface area contributed by atoms with Gasteiger partial charge in [0, 0.05) is 13.5 Å². The first kappa shape index (κ1) is 15.7. The molecule has 2 aromatic heterocycles. The summed E-state index contributed by atoms with van der Waals surface area (Å²) in [5.74, 6) is 2.23. The smallest absolute Gasteiger partial charge is 0.234 e. The highest BCUT2D eigenvalue weighted by Crippen LogP contribution is 2.27. The van der Waals surface area contributed by atoms with Crippen molar-refractivity contribution in [2.75, 3.05) is 20.3 Å². The van der Waals surface area contributed by atoms with Gasteiger partial charge in [0.05, 0.1) is 13.2 Å². The van der Waals surface area contributed by atoms with E-state index in [4.69, 9.17) is 14.2 Å². The first-order valence-electron chi connectivity index (χ1n) is 7.35. The zero-order valence-corrected chi connectivity index (χ0v) is 13.9. The number of methoxy groups -OCH3 is 1. The third-order valence-corrected chi connectivity index (χ3v) is 4.00. The molecule has 23 heavy (non-hydrogen) atoms. The minimum absolute atomic E-state index is 0.363. The van der Waals surface area contributed by atoms with Crippen molar-refractivity contribution in [1.82, 2.24) is 19.8 Å². The highest BCUT2D eigenvalue weighted by molar-refractivity contribution is 7.16. The van der Waals surface area contributed by atoms with E-state index in [1.54, 1.807) is 11.6 Å². The zero-order chi connectivity index (χ0) is 16.1. The Kier molecular flexibility index (Phi) is 5.04. The van der Waals surface area contributed by atoms with Crippen LogP contribution in [-0.2, 0) is 17.8 Å². The van der Waals surface area contributed by atoms with Gasteiger partial charge in [-0.25, -0.2) is 0 Å². The molecule has 0 amide bonds. The second kappa shape index (κ2) is 7.38. The molecule has 0 fully saturated rings. The molecule has 0 spiro atoms. The molecule has 7 nitrogen and oxygen atoms in total. The molecule has 0 bridgehead atoms. The van der Waals surface area contributed by atoms with Gasteiger partial charge >= 0.3 is 0 Å². The molecule has 0 radical (unpaired) electrons. The molecular weight excluding hydrogens is 316 g/mol. The van der Waals surface area contributed by atoms with Crippen molar-refractivity contribution in [1.29, 1.82) is 0 Å². The Bertz CT molecular complexity index is 771. The first-order chi connectivity index (χ1) is 11.3. The maximum Gasteiger partial charge on any atom is 0.234 e. The molecule has 0 aliphatic rings. The molecule has 0 N–H and O–H groups in total. The number of hydrogen-bond acceptors (Lipinski definition) is 7. The van der Waals surface area contributed by atoms with E-state index in [1.165, 1.54) is 11.3 Å². The Labute approximate surface area is 137 Å². The minimum atomic E-state index is 0.363. The van der Waals surface area contributed by atoms with Crippen molar-refractivity contribution in [2.24, 2.45) is 0 Å². The highest BCUT2D eigenvalue weighted by atomic mass is 32.1. The third-order valence-electron chi connectivity index (χ3n) is 3.13. The fourth-order valence-electron chi connectivity index (χ4n) is 2.09. The summed E-state index contributed by atoms with van der Waals surface area (Å²) < 4.78 is 18.2. The number of rotatable bonds is 8. The molecule has 122 valence electrons. The molecule has 0 aliphatic heterocycles. The second-order valence-corrected chi connectivity index (χ2v) is 5.76. The van der Waals surface area contributed by atoms with E-state index >= 15 is 0 Å². The SMILES string of the molecule is CCOc1ccccc1OCc1nn2c(CCOC)nnc2s1. The lowest BCUT2D eigenvalue weighted by molar-refractivity contribution is 0.200. The number of para-hydroxylation sites is 2. The molecule has 0 atom stereocenters. The summed E-state index contributed by atoms with van der Waals surface area (Å²) in [5.41, 5.74) is 0. The van der Waals surface area contributed by atoms with Gasteiger partial charge in [-0.2, -0.15) is 9.61 Å². The first-order valence-corrected chi connectivity index (χ1v) is 8.17. The molecule has 8 heteroatoms. The lowest BCUT2D eigenvalue weighted by atomic mass is 10.3. The molecule has 3 rings (SSSR count). The lowest BCUT2D eigenvalue weighted by Crippen LogP contribution is -2.03. The number of nitrogens with zero attached hydrogens (tertiary/aromatic N) is 4. The van der Waals surface area contributed by atoms with E-state index in [0.717, 1.165) is 21.5 Å². The predicted octanol–water partition coefficient (Wildman–Crippen LogP) is 2.35. The van der Waals surface area contributed by atoms with Crippen molar-refractivity contribution in [2.45, 2.75) is 20.0 Å². The summed E-state index contributed by atoms with van der Waals surface area (Å²) in [5, 5.41) is 13.6. The van der Waals surface area contributed by atoms with Gasteiger partial charge in [-0.3, -0.25) is 0 Å². The lowest BCUT2D eigenvalue weighted by Gasteiger charge is -2.10. The van der Waals surface area contributed by atoms with Crippen molar-refractivity contribution in [3.8, 4) is 11.5 Å². The van der Waals surface area contributed by atoms with Crippen molar-refractivity contribution < 1.29 is 14.2 Å². The van der Waals surface area contributed by atoms with E-state index in [-0.39, 0.29) is 0 Å². The van der Waals surface area contributed by atoms with Crippen LogP contribution in [0.4, 0.5) is 0 Å². The fraction of sp³-hybridized carbons (Fsp3) is 0.400. The minimum Gasteiger partial charge on any atom is -0.490 e. The molecule has 0 saturated heterocycles. The van der Waals surface area contributed by atoms with Gasteiger partial charge in [-0.05, 0) is 19.1 Å². The van der Waals surface area contributed by atoms with Gasteiger partial charge in [0.2, 0.25) is 4.96 Å². The average molecular weight is 334 g/mol. The maximum atomic E-state index is 5.83. The van der Waals surface area contributed by atoms with Crippen molar-refractivity contribution in [3.63, 3.8) is 0 Å². The van der Waals surface area contributed by atoms with E-state index in [0.29, 0.717) is 32.0 Å². The highest BCUT2D eigenvalue weighted by Gasteiger charge is 2.12. The standard InChI is InChI=1S/C15H18N4O3S/c1-3-21-11-6-4-5-7-12(11)22-10-14-18-19-13(8-9-20-2)16-17-15(19)23-14/h4-7H,3,8-10H2,1-2H3. The largest absolute Gasteiger partial charge is 0.490 e. The topological polar surface area (TPSA) is 70.8 Å². The van der Waals surface area contributed by atoms with Gasteiger partial charge in [0.15, 0.2) is 22.3 Å². The van der Waals surface area contributed by atoms with Gasteiger partial charge < -0.3 is 14.2 Å². The van der Waals surface area contributed by atoms with E-state index in [2.05, 4.69) is 15.3 Å². The number of fused-ring (bicyclic) bond motifs is 1. The maximum absolute atomic E-state index is 5.83. The van der Waals surface area contributed by atoms with Gasteiger partial charge in [-0.15, -0.1) is 10.2 Å². The van der Waals surface area contributed by atoms with E-state index < -0.39 is 0 Å². The van der Waals surface area contributed by atoms with Crippen molar-refractivity contribution in [3.05, 3.63) is 35.1 Å². The van der Waals surface area contributed by atoms with Crippen LogP contribution < -0.4 is 9.47 Å². The monoisotopic (exact) mass is 334 g/mol. The van der Waals surface area contributed by atoms with Crippen LogP contribution in [0.15, 0.2) is 24.3 Å². The Balaban J connectivity index is 1.71. The van der Waals surface area contributed by atoms with Crippen LogP contribution in [0, 0.1) is 0 Å². The molecule has 1 aromatic carbocycles. The van der Waals surface area contributed by atoms with Crippen LogP contribution in [0.2, 0.25) is 0 Å². The van der Waals surface area contributed by atoms with Crippen LogP contribution in [0.5, 0.6) is 11.5 Å².